The summed E-state index contributed by atoms with van der Waals surface area (Å²) in [4.78, 5) is 0. The highest BCUT2D eigenvalue weighted by Gasteiger charge is 2.22. The maximum Gasteiger partial charge on any atom is 0.135 e. The van der Waals surface area contributed by atoms with E-state index in [2.05, 4.69) is 141 Å². The molecule has 2 aromatic heterocycles. The Hall–Kier alpha value is -5.18. The number of fused-ring (bicyclic) bond motifs is 7. The molecule has 1 atom stereocenters. The van der Waals surface area contributed by atoms with Crippen molar-refractivity contribution in [2.75, 3.05) is 0 Å². The van der Waals surface area contributed by atoms with Crippen molar-refractivity contribution in [3.63, 3.8) is 0 Å². The third-order valence-corrected chi connectivity index (χ3v) is 11.0. The Balaban J connectivity index is 1.10. The second kappa shape index (κ2) is 10.7. The number of allylic oxidation sites excluding steroid dienone is 1. The molecule has 0 N–H and O–H groups in total. The zero-order valence-electron chi connectivity index (χ0n) is 25.7. The number of furan rings is 1. The summed E-state index contributed by atoms with van der Waals surface area (Å²) >= 11 is 1.89. The first kappa shape index (κ1) is 27.2. The summed E-state index contributed by atoms with van der Waals surface area (Å²) in [5.74, 6) is 1.43. The lowest BCUT2D eigenvalue weighted by atomic mass is 9.86. The van der Waals surface area contributed by atoms with E-state index in [0.29, 0.717) is 5.92 Å². The Morgan fingerprint density at radius 2 is 1.59 bits per heavy atom. The van der Waals surface area contributed by atoms with Gasteiger partial charge in [0.15, 0.2) is 0 Å². The van der Waals surface area contributed by atoms with E-state index in [1.807, 2.05) is 17.4 Å². The molecule has 0 fully saturated rings. The van der Waals surface area contributed by atoms with E-state index in [4.69, 9.17) is 4.42 Å². The van der Waals surface area contributed by atoms with E-state index in [0.717, 1.165) is 29.8 Å². The predicted octanol–water partition coefficient (Wildman–Crippen LogP) is 12.4. The van der Waals surface area contributed by atoms with Crippen LogP contribution in [-0.2, 0) is 12.8 Å². The van der Waals surface area contributed by atoms with Crippen LogP contribution in [0.1, 0.15) is 33.6 Å². The first-order chi connectivity index (χ1) is 22.6. The van der Waals surface area contributed by atoms with Gasteiger partial charge in [-0.1, -0.05) is 110 Å². The fourth-order valence-corrected chi connectivity index (χ4v) is 8.69. The first-order valence-corrected chi connectivity index (χ1v) is 16.8. The minimum absolute atomic E-state index is 0.421. The van der Waals surface area contributed by atoms with Crippen LogP contribution < -0.4 is 0 Å². The molecule has 1 nitrogen and oxygen atoms in total. The third-order valence-electron chi connectivity index (χ3n) is 9.87. The maximum absolute atomic E-state index is 6.15. The molecular formula is C44H32OS. The Labute approximate surface area is 272 Å². The smallest absolute Gasteiger partial charge is 0.135 e. The average Bonchev–Trinajstić information content (AvgIpc) is 3.66. The molecule has 0 bridgehead atoms. The Morgan fingerprint density at radius 1 is 0.761 bits per heavy atom. The SMILES string of the molecule is C=C(c1ccc2sc3cccc(CC4C=Cc5oc6ccccc6c5C4)c3c2c1)c1ccccc1-c1ccc2ccccc2c1C. The van der Waals surface area contributed by atoms with Gasteiger partial charge in [0, 0.05) is 31.1 Å². The second-order valence-corrected chi connectivity index (χ2v) is 13.6. The van der Waals surface area contributed by atoms with Gasteiger partial charge in [0.1, 0.15) is 11.3 Å². The molecular weight excluding hydrogens is 577 g/mol. The molecule has 0 saturated carbocycles. The van der Waals surface area contributed by atoms with Gasteiger partial charge in [-0.2, -0.15) is 0 Å². The molecule has 2 heterocycles. The van der Waals surface area contributed by atoms with Gasteiger partial charge in [0.25, 0.3) is 0 Å². The largest absolute Gasteiger partial charge is 0.456 e. The molecule has 220 valence electrons. The van der Waals surface area contributed by atoms with Gasteiger partial charge in [0.2, 0.25) is 0 Å². The summed E-state index contributed by atoms with van der Waals surface area (Å²) in [5, 5.41) is 6.51. The summed E-state index contributed by atoms with van der Waals surface area (Å²) in [6.07, 6.45) is 6.52. The average molecular weight is 609 g/mol. The number of aryl methyl sites for hydroxylation is 1. The fraction of sp³-hybridized carbons (Fsp3) is 0.0909. The quantitative estimate of drug-likeness (QED) is 0.189. The maximum atomic E-state index is 6.15. The molecule has 9 rings (SSSR count). The van der Waals surface area contributed by atoms with Crippen LogP contribution in [0, 0.1) is 12.8 Å². The Bertz CT molecular complexity index is 2520. The molecule has 0 aliphatic heterocycles. The fourth-order valence-electron chi connectivity index (χ4n) is 7.55. The summed E-state index contributed by atoms with van der Waals surface area (Å²) in [6.45, 7) is 6.92. The molecule has 46 heavy (non-hydrogen) atoms. The lowest BCUT2D eigenvalue weighted by molar-refractivity contribution is 0.572. The van der Waals surface area contributed by atoms with Crippen molar-refractivity contribution in [2.45, 2.75) is 19.8 Å². The van der Waals surface area contributed by atoms with Crippen LogP contribution in [0.3, 0.4) is 0 Å². The first-order valence-electron chi connectivity index (χ1n) is 16.0. The van der Waals surface area contributed by atoms with E-state index >= 15 is 0 Å². The van der Waals surface area contributed by atoms with Gasteiger partial charge >= 0.3 is 0 Å². The van der Waals surface area contributed by atoms with E-state index in [1.165, 1.54) is 75.3 Å². The Kier molecular flexibility index (Phi) is 6.33. The molecule has 6 aromatic carbocycles. The minimum atomic E-state index is 0.421. The van der Waals surface area contributed by atoms with Crippen LogP contribution in [0.2, 0.25) is 0 Å². The summed E-state index contributed by atoms with van der Waals surface area (Å²) in [6, 6.07) is 44.0. The molecule has 1 unspecified atom stereocenters. The van der Waals surface area contributed by atoms with Gasteiger partial charge < -0.3 is 4.42 Å². The van der Waals surface area contributed by atoms with Crippen molar-refractivity contribution >= 4 is 64.9 Å². The second-order valence-electron chi connectivity index (χ2n) is 12.6. The van der Waals surface area contributed by atoms with Gasteiger partial charge in [0.05, 0.1) is 0 Å². The normalized spacial score (nSPS) is 14.4. The van der Waals surface area contributed by atoms with E-state index in [9.17, 15) is 0 Å². The van der Waals surface area contributed by atoms with E-state index in [1.54, 1.807) is 0 Å². The van der Waals surface area contributed by atoms with Gasteiger partial charge in [-0.25, -0.2) is 0 Å². The zero-order chi connectivity index (χ0) is 30.8. The van der Waals surface area contributed by atoms with Gasteiger partial charge in [-0.15, -0.1) is 11.3 Å². The van der Waals surface area contributed by atoms with Gasteiger partial charge in [-0.3, -0.25) is 0 Å². The Morgan fingerprint density at radius 3 is 2.52 bits per heavy atom. The van der Waals surface area contributed by atoms with E-state index in [-0.39, 0.29) is 0 Å². The lowest BCUT2D eigenvalue weighted by Crippen LogP contribution is -2.09. The predicted molar refractivity (Wildman–Crippen MR) is 198 cm³/mol. The highest BCUT2D eigenvalue weighted by atomic mass is 32.1. The van der Waals surface area contributed by atoms with Crippen LogP contribution in [-0.4, -0.2) is 0 Å². The summed E-state index contributed by atoms with van der Waals surface area (Å²) < 4.78 is 8.81. The number of hydrogen-bond donors (Lipinski definition) is 0. The van der Waals surface area contributed by atoms with Crippen molar-refractivity contribution in [1.29, 1.82) is 0 Å². The standard InChI is InChI=1S/C44H32OS/c1-27(34-13-5-6-14-36(34)35-21-19-30-10-3-4-12-33(30)28(35)2)31-20-23-42-39(26-31)44-32(11-9-17-43(44)46-42)24-29-18-22-41-38(25-29)37-15-7-8-16-40(37)45-41/h3-23,26,29H,1,24-25H2,2H3. The van der Waals surface area contributed by atoms with Crippen LogP contribution in [0.15, 0.2) is 138 Å². The third kappa shape index (κ3) is 4.36. The van der Waals surface area contributed by atoms with Crippen molar-refractivity contribution in [3.05, 3.63) is 168 Å². The van der Waals surface area contributed by atoms with Crippen molar-refractivity contribution in [2.24, 2.45) is 5.92 Å². The molecule has 0 saturated heterocycles. The molecule has 1 aliphatic carbocycles. The molecule has 0 spiro atoms. The van der Waals surface area contributed by atoms with E-state index < -0.39 is 0 Å². The number of hydrogen-bond acceptors (Lipinski definition) is 2. The minimum Gasteiger partial charge on any atom is -0.456 e. The molecule has 0 radical (unpaired) electrons. The molecule has 2 heteroatoms. The number of para-hydroxylation sites is 1. The van der Waals surface area contributed by atoms with Crippen LogP contribution in [0.5, 0.6) is 0 Å². The van der Waals surface area contributed by atoms with Crippen molar-refractivity contribution in [3.8, 4) is 11.1 Å². The summed E-state index contributed by atoms with van der Waals surface area (Å²) in [5.41, 5.74) is 10.9. The molecule has 1 aliphatic rings. The van der Waals surface area contributed by atoms with Crippen LogP contribution >= 0.6 is 11.3 Å². The number of rotatable bonds is 5. The molecule has 0 amide bonds. The molecule has 8 aromatic rings. The number of benzene rings is 6. The summed E-state index contributed by atoms with van der Waals surface area (Å²) in [7, 11) is 0. The number of thiophene rings is 1. The topological polar surface area (TPSA) is 13.1 Å². The van der Waals surface area contributed by atoms with Crippen molar-refractivity contribution in [1.82, 2.24) is 0 Å². The lowest BCUT2D eigenvalue weighted by Gasteiger charge is -2.18. The van der Waals surface area contributed by atoms with Crippen LogP contribution in [0.4, 0.5) is 0 Å². The van der Waals surface area contributed by atoms with Crippen molar-refractivity contribution < 1.29 is 4.42 Å². The van der Waals surface area contributed by atoms with Crippen LogP contribution in [0.25, 0.3) is 64.7 Å². The zero-order valence-corrected chi connectivity index (χ0v) is 26.5. The monoisotopic (exact) mass is 608 g/mol. The highest BCUT2D eigenvalue weighted by Crippen LogP contribution is 2.42. The van der Waals surface area contributed by atoms with Gasteiger partial charge in [-0.05, 0) is 106 Å². The highest BCUT2D eigenvalue weighted by molar-refractivity contribution is 7.25.